The van der Waals surface area contributed by atoms with Gasteiger partial charge in [0.25, 0.3) is 0 Å². The SMILES string of the molecule is CCOC(=O)c1noc([C@H]2CC=C(C)CO2)c1C. The van der Waals surface area contributed by atoms with Gasteiger partial charge in [0.15, 0.2) is 11.5 Å². The third kappa shape index (κ3) is 2.46. The van der Waals surface area contributed by atoms with Crippen LogP contribution < -0.4 is 0 Å². The Bertz CT molecular complexity index is 475. The van der Waals surface area contributed by atoms with Gasteiger partial charge < -0.3 is 14.0 Å². The highest BCUT2D eigenvalue weighted by Gasteiger charge is 2.26. The maximum absolute atomic E-state index is 11.6. The third-order valence-electron chi connectivity index (χ3n) is 2.91. The van der Waals surface area contributed by atoms with Crippen LogP contribution >= 0.6 is 0 Å². The predicted octanol–water partition coefficient (Wildman–Crippen LogP) is 2.57. The molecule has 1 aliphatic heterocycles. The Kier molecular flexibility index (Phi) is 3.81. The Morgan fingerprint density at radius 3 is 2.94 bits per heavy atom. The molecule has 2 heterocycles. The molecular formula is C13H17NO4. The fraction of sp³-hybridized carbons (Fsp3) is 0.538. The molecule has 0 radical (unpaired) electrons. The summed E-state index contributed by atoms with van der Waals surface area (Å²) < 4.78 is 15.8. The Labute approximate surface area is 106 Å². The second-order valence-corrected chi connectivity index (χ2v) is 4.33. The highest BCUT2D eigenvalue weighted by molar-refractivity contribution is 5.88. The smallest absolute Gasteiger partial charge is 0.360 e. The molecule has 0 aliphatic carbocycles. The van der Waals surface area contributed by atoms with E-state index in [0.717, 1.165) is 6.42 Å². The molecule has 1 aromatic rings. The van der Waals surface area contributed by atoms with Crippen molar-refractivity contribution in [1.82, 2.24) is 5.16 Å². The van der Waals surface area contributed by atoms with Gasteiger partial charge in [-0.05, 0) is 27.2 Å². The van der Waals surface area contributed by atoms with Crippen molar-refractivity contribution in [1.29, 1.82) is 0 Å². The highest BCUT2D eigenvalue weighted by atomic mass is 16.5. The average Bonchev–Trinajstić information content (AvgIpc) is 2.73. The molecular weight excluding hydrogens is 234 g/mol. The molecule has 1 aliphatic rings. The predicted molar refractivity (Wildman–Crippen MR) is 64.3 cm³/mol. The molecule has 0 aromatic carbocycles. The summed E-state index contributed by atoms with van der Waals surface area (Å²) in [4.78, 5) is 11.6. The summed E-state index contributed by atoms with van der Waals surface area (Å²) in [5, 5.41) is 3.78. The van der Waals surface area contributed by atoms with E-state index in [2.05, 4.69) is 11.2 Å². The first kappa shape index (κ1) is 12.8. The molecule has 0 unspecified atom stereocenters. The van der Waals surface area contributed by atoms with E-state index in [1.165, 1.54) is 5.57 Å². The second-order valence-electron chi connectivity index (χ2n) is 4.33. The number of carbonyl (C=O) groups excluding carboxylic acids is 1. The van der Waals surface area contributed by atoms with Gasteiger partial charge in [-0.3, -0.25) is 0 Å². The monoisotopic (exact) mass is 251 g/mol. The van der Waals surface area contributed by atoms with E-state index < -0.39 is 5.97 Å². The van der Waals surface area contributed by atoms with E-state index in [1.54, 1.807) is 13.8 Å². The van der Waals surface area contributed by atoms with Gasteiger partial charge >= 0.3 is 5.97 Å². The number of aromatic nitrogens is 1. The van der Waals surface area contributed by atoms with E-state index in [4.69, 9.17) is 14.0 Å². The fourth-order valence-electron chi connectivity index (χ4n) is 1.89. The van der Waals surface area contributed by atoms with E-state index in [9.17, 15) is 4.79 Å². The number of nitrogens with zero attached hydrogens (tertiary/aromatic N) is 1. The van der Waals surface area contributed by atoms with E-state index in [1.807, 2.05) is 6.92 Å². The first-order valence-electron chi connectivity index (χ1n) is 6.04. The molecule has 1 aromatic heterocycles. The summed E-state index contributed by atoms with van der Waals surface area (Å²) in [5.41, 5.74) is 2.14. The summed E-state index contributed by atoms with van der Waals surface area (Å²) in [6, 6.07) is 0. The van der Waals surface area contributed by atoms with E-state index in [0.29, 0.717) is 24.5 Å². The topological polar surface area (TPSA) is 61.6 Å². The van der Waals surface area contributed by atoms with Crippen LogP contribution in [-0.2, 0) is 9.47 Å². The van der Waals surface area contributed by atoms with E-state index >= 15 is 0 Å². The van der Waals surface area contributed by atoms with Gasteiger partial charge in [-0.1, -0.05) is 16.8 Å². The lowest BCUT2D eigenvalue weighted by Gasteiger charge is -2.19. The van der Waals surface area contributed by atoms with Crippen LogP contribution in [0.3, 0.4) is 0 Å². The maximum atomic E-state index is 11.6. The maximum Gasteiger partial charge on any atom is 0.360 e. The molecule has 18 heavy (non-hydrogen) atoms. The lowest BCUT2D eigenvalue weighted by Crippen LogP contribution is -2.12. The molecule has 5 nitrogen and oxygen atoms in total. The van der Waals surface area contributed by atoms with E-state index in [-0.39, 0.29) is 11.8 Å². The molecule has 98 valence electrons. The Hall–Kier alpha value is -1.62. The standard InChI is InChI=1S/C13H17NO4/c1-4-16-13(15)11-9(3)12(18-14-11)10-6-5-8(2)7-17-10/h5,10H,4,6-7H2,1-3H3/t10-/m1/s1. The molecule has 0 saturated heterocycles. The first-order chi connectivity index (χ1) is 8.63. The van der Waals surface area contributed by atoms with Crippen molar-refractivity contribution in [3.8, 4) is 0 Å². The van der Waals surface area contributed by atoms with Crippen molar-refractivity contribution < 1.29 is 18.8 Å². The molecule has 2 rings (SSSR count). The van der Waals surface area contributed by atoms with Gasteiger partial charge in [0.1, 0.15) is 6.10 Å². The number of carbonyl (C=O) groups is 1. The van der Waals surface area contributed by atoms with Gasteiger partial charge in [-0.2, -0.15) is 0 Å². The molecule has 0 fully saturated rings. The Morgan fingerprint density at radius 1 is 1.56 bits per heavy atom. The normalized spacial score (nSPS) is 19.5. The minimum absolute atomic E-state index is 0.163. The quantitative estimate of drug-likeness (QED) is 0.610. The summed E-state index contributed by atoms with van der Waals surface area (Å²) >= 11 is 0. The molecule has 1 atom stereocenters. The van der Waals surface area contributed by atoms with Gasteiger partial charge in [0.2, 0.25) is 0 Å². The number of rotatable bonds is 3. The zero-order chi connectivity index (χ0) is 13.1. The van der Waals surface area contributed by atoms with Crippen LogP contribution in [0, 0.1) is 6.92 Å². The number of hydrogen-bond donors (Lipinski definition) is 0. The van der Waals surface area contributed by atoms with Crippen molar-refractivity contribution >= 4 is 5.97 Å². The van der Waals surface area contributed by atoms with Gasteiger partial charge in [0.05, 0.1) is 13.2 Å². The zero-order valence-corrected chi connectivity index (χ0v) is 10.9. The van der Waals surface area contributed by atoms with Crippen molar-refractivity contribution in [3.05, 3.63) is 28.7 Å². The van der Waals surface area contributed by atoms with Crippen molar-refractivity contribution in [2.45, 2.75) is 33.3 Å². The molecule has 5 heteroatoms. The first-order valence-corrected chi connectivity index (χ1v) is 6.04. The third-order valence-corrected chi connectivity index (χ3v) is 2.91. The van der Waals surface area contributed by atoms with Gasteiger partial charge in [-0.25, -0.2) is 4.79 Å². The van der Waals surface area contributed by atoms with Crippen molar-refractivity contribution in [3.63, 3.8) is 0 Å². The summed E-state index contributed by atoms with van der Waals surface area (Å²) in [5.74, 6) is 0.161. The molecule has 0 bridgehead atoms. The van der Waals surface area contributed by atoms with Gasteiger partial charge in [-0.15, -0.1) is 0 Å². The largest absolute Gasteiger partial charge is 0.461 e. The fourth-order valence-corrected chi connectivity index (χ4v) is 1.89. The molecule has 0 spiro atoms. The van der Waals surface area contributed by atoms with Crippen molar-refractivity contribution in [2.75, 3.05) is 13.2 Å². The Balaban J connectivity index is 2.18. The lowest BCUT2D eigenvalue weighted by atomic mass is 10.0. The highest BCUT2D eigenvalue weighted by Crippen LogP contribution is 2.30. The molecule has 0 saturated carbocycles. The van der Waals surface area contributed by atoms with Crippen LogP contribution in [0.4, 0.5) is 0 Å². The number of ether oxygens (including phenoxy) is 2. The van der Waals surface area contributed by atoms with Crippen molar-refractivity contribution in [2.24, 2.45) is 0 Å². The lowest BCUT2D eigenvalue weighted by molar-refractivity contribution is 0.0406. The summed E-state index contributed by atoms with van der Waals surface area (Å²) in [6.07, 6.45) is 2.69. The Morgan fingerprint density at radius 2 is 2.33 bits per heavy atom. The molecule has 0 N–H and O–H groups in total. The van der Waals surface area contributed by atoms with Gasteiger partial charge in [0, 0.05) is 5.56 Å². The van der Waals surface area contributed by atoms with Crippen LogP contribution in [-0.4, -0.2) is 24.3 Å². The van der Waals surface area contributed by atoms with Crippen LogP contribution in [0.5, 0.6) is 0 Å². The van der Waals surface area contributed by atoms with Crippen LogP contribution in [0.2, 0.25) is 0 Å². The second kappa shape index (κ2) is 5.35. The number of hydrogen-bond acceptors (Lipinski definition) is 5. The summed E-state index contributed by atoms with van der Waals surface area (Å²) in [7, 11) is 0. The van der Waals surface area contributed by atoms with Crippen LogP contribution in [0.1, 0.15) is 48.2 Å². The average molecular weight is 251 g/mol. The summed E-state index contributed by atoms with van der Waals surface area (Å²) in [6.45, 7) is 6.48. The van der Waals surface area contributed by atoms with Crippen LogP contribution in [0.25, 0.3) is 0 Å². The van der Waals surface area contributed by atoms with Crippen LogP contribution in [0.15, 0.2) is 16.2 Å². The number of esters is 1. The minimum atomic E-state index is -0.451. The minimum Gasteiger partial charge on any atom is -0.461 e. The molecule has 0 amide bonds. The zero-order valence-electron chi connectivity index (χ0n) is 10.9.